The number of ether oxygens (including phenoxy) is 1. The Labute approximate surface area is 132 Å². The van der Waals surface area contributed by atoms with Crippen molar-refractivity contribution in [2.75, 3.05) is 7.11 Å². The predicted molar refractivity (Wildman–Crippen MR) is 85.9 cm³/mol. The van der Waals surface area contributed by atoms with Gasteiger partial charge in [0.2, 0.25) is 5.88 Å². The van der Waals surface area contributed by atoms with Gasteiger partial charge >= 0.3 is 6.03 Å². The summed E-state index contributed by atoms with van der Waals surface area (Å²) in [6.07, 6.45) is 5.88. The zero-order chi connectivity index (χ0) is 16.1. The molecule has 0 aromatic carbocycles. The van der Waals surface area contributed by atoms with E-state index in [1.165, 1.54) is 19.3 Å². The van der Waals surface area contributed by atoms with Crippen molar-refractivity contribution in [2.45, 2.75) is 58.5 Å². The van der Waals surface area contributed by atoms with Crippen molar-refractivity contribution in [3.8, 4) is 5.88 Å². The molecule has 124 valence electrons. The third-order valence-corrected chi connectivity index (χ3v) is 4.60. The third kappa shape index (κ3) is 3.93. The van der Waals surface area contributed by atoms with E-state index in [2.05, 4.69) is 22.7 Å². The van der Waals surface area contributed by atoms with Crippen LogP contribution in [0, 0.1) is 12.8 Å². The van der Waals surface area contributed by atoms with Crippen LogP contribution in [-0.2, 0) is 13.6 Å². The van der Waals surface area contributed by atoms with Crippen molar-refractivity contribution in [3.05, 3.63) is 11.3 Å². The lowest BCUT2D eigenvalue weighted by Crippen LogP contribution is -2.43. The second-order valence-corrected chi connectivity index (χ2v) is 6.16. The van der Waals surface area contributed by atoms with Gasteiger partial charge in [-0.3, -0.25) is 0 Å². The minimum atomic E-state index is -0.105. The molecule has 6 heteroatoms. The van der Waals surface area contributed by atoms with Crippen molar-refractivity contribution in [2.24, 2.45) is 13.0 Å². The lowest BCUT2D eigenvalue weighted by Gasteiger charge is -2.29. The lowest BCUT2D eigenvalue weighted by atomic mass is 9.84. The number of carbonyl (C=O) groups is 1. The summed E-state index contributed by atoms with van der Waals surface area (Å²) in [6, 6.07) is 0.197. The molecule has 0 spiro atoms. The number of hydrogen-bond donors (Lipinski definition) is 2. The fourth-order valence-electron chi connectivity index (χ4n) is 3.34. The summed E-state index contributed by atoms with van der Waals surface area (Å²) < 4.78 is 7.03. The van der Waals surface area contributed by atoms with E-state index in [0.717, 1.165) is 30.0 Å². The van der Waals surface area contributed by atoms with Crippen LogP contribution in [0.1, 0.15) is 50.3 Å². The molecule has 1 aromatic heterocycles. The number of aryl methyl sites for hydroxylation is 2. The standard InChI is InChI=1S/C16H28N4O2/c1-5-12-7-6-8-13(9-12)18-16(21)17-10-14-11(2)19-20(3)15(14)22-4/h12-13H,5-10H2,1-4H3,(H2,17,18,21)/t12-,13-/m0/s1. The molecule has 0 saturated heterocycles. The van der Waals surface area contributed by atoms with Crippen LogP contribution < -0.4 is 15.4 Å². The second-order valence-electron chi connectivity index (χ2n) is 6.16. The van der Waals surface area contributed by atoms with Gasteiger partial charge in [-0.15, -0.1) is 0 Å². The first-order valence-electron chi connectivity index (χ1n) is 8.16. The first-order valence-corrected chi connectivity index (χ1v) is 8.16. The maximum absolute atomic E-state index is 12.1. The summed E-state index contributed by atoms with van der Waals surface area (Å²) in [5, 5.41) is 10.3. The number of nitrogens with one attached hydrogen (secondary N) is 2. The quantitative estimate of drug-likeness (QED) is 0.878. The Balaban J connectivity index is 1.85. The minimum Gasteiger partial charge on any atom is -0.481 e. The first-order chi connectivity index (χ1) is 10.5. The van der Waals surface area contributed by atoms with Crippen LogP contribution in [0.5, 0.6) is 5.88 Å². The molecular weight excluding hydrogens is 280 g/mol. The zero-order valence-corrected chi connectivity index (χ0v) is 14.1. The molecule has 2 amide bonds. The number of rotatable bonds is 5. The van der Waals surface area contributed by atoms with Crippen LogP contribution in [0.2, 0.25) is 0 Å². The summed E-state index contributed by atoms with van der Waals surface area (Å²) in [5.41, 5.74) is 1.80. The van der Waals surface area contributed by atoms with Crippen LogP contribution in [0.3, 0.4) is 0 Å². The fraction of sp³-hybridized carbons (Fsp3) is 0.750. The van der Waals surface area contributed by atoms with Gasteiger partial charge in [0, 0.05) is 13.1 Å². The fourth-order valence-corrected chi connectivity index (χ4v) is 3.34. The van der Waals surface area contributed by atoms with E-state index in [4.69, 9.17) is 4.74 Å². The molecule has 1 saturated carbocycles. The Hall–Kier alpha value is -1.72. The number of carbonyl (C=O) groups excluding carboxylic acids is 1. The molecule has 2 N–H and O–H groups in total. The molecule has 2 atom stereocenters. The molecule has 1 aliphatic rings. The van der Waals surface area contributed by atoms with E-state index in [0.29, 0.717) is 18.5 Å². The summed E-state index contributed by atoms with van der Waals surface area (Å²) in [6.45, 7) is 4.58. The highest BCUT2D eigenvalue weighted by molar-refractivity contribution is 5.74. The molecule has 0 unspecified atom stereocenters. The minimum absolute atomic E-state index is 0.105. The Morgan fingerprint density at radius 2 is 2.23 bits per heavy atom. The van der Waals surface area contributed by atoms with Gasteiger partial charge in [0.25, 0.3) is 0 Å². The Bertz CT molecular complexity index is 512. The SMILES string of the molecule is CC[C@H]1CCC[C@H](NC(=O)NCc2c(C)nn(C)c2OC)C1. The van der Waals surface area contributed by atoms with E-state index in [9.17, 15) is 4.79 Å². The smallest absolute Gasteiger partial charge is 0.315 e. The monoisotopic (exact) mass is 308 g/mol. The lowest BCUT2D eigenvalue weighted by molar-refractivity contribution is 0.224. The van der Waals surface area contributed by atoms with Gasteiger partial charge in [-0.1, -0.05) is 26.2 Å². The molecule has 6 nitrogen and oxygen atoms in total. The van der Waals surface area contributed by atoms with Crippen molar-refractivity contribution < 1.29 is 9.53 Å². The van der Waals surface area contributed by atoms with Gasteiger partial charge in [0.05, 0.1) is 24.9 Å². The van der Waals surface area contributed by atoms with Gasteiger partial charge in [0.1, 0.15) is 0 Å². The van der Waals surface area contributed by atoms with E-state index in [1.807, 2.05) is 14.0 Å². The second kappa shape index (κ2) is 7.51. The third-order valence-electron chi connectivity index (χ3n) is 4.60. The summed E-state index contributed by atoms with van der Waals surface area (Å²) in [5.74, 6) is 1.45. The summed E-state index contributed by atoms with van der Waals surface area (Å²) in [4.78, 5) is 12.1. The Morgan fingerprint density at radius 3 is 2.91 bits per heavy atom. The average Bonchev–Trinajstić information content (AvgIpc) is 2.78. The molecule has 1 heterocycles. The van der Waals surface area contributed by atoms with Crippen LogP contribution in [0.25, 0.3) is 0 Å². The maximum atomic E-state index is 12.1. The molecule has 22 heavy (non-hydrogen) atoms. The van der Waals surface area contributed by atoms with Crippen LogP contribution in [0.4, 0.5) is 4.79 Å². The van der Waals surface area contributed by atoms with Crippen LogP contribution in [0.15, 0.2) is 0 Å². The largest absolute Gasteiger partial charge is 0.481 e. The topological polar surface area (TPSA) is 68.2 Å². The van der Waals surface area contributed by atoms with Gasteiger partial charge in [-0.25, -0.2) is 9.48 Å². The molecule has 0 bridgehead atoms. The number of urea groups is 1. The molecule has 1 aliphatic carbocycles. The molecule has 0 radical (unpaired) electrons. The van der Waals surface area contributed by atoms with Crippen molar-refractivity contribution in [1.29, 1.82) is 0 Å². The number of nitrogens with zero attached hydrogens (tertiary/aromatic N) is 2. The summed E-state index contributed by atoms with van der Waals surface area (Å²) in [7, 11) is 3.45. The van der Waals surface area contributed by atoms with Crippen LogP contribution in [-0.4, -0.2) is 29.0 Å². The van der Waals surface area contributed by atoms with Gasteiger partial charge in [-0.2, -0.15) is 5.10 Å². The van der Waals surface area contributed by atoms with Crippen molar-refractivity contribution in [3.63, 3.8) is 0 Å². The molecule has 2 rings (SSSR count). The van der Waals surface area contributed by atoms with Crippen LogP contribution >= 0.6 is 0 Å². The molecule has 1 fully saturated rings. The zero-order valence-electron chi connectivity index (χ0n) is 14.1. The Kier molecular flexibility index (Phi) is 5.69. The first kappa shape index (κ1) is 16.6. The Morgan fingerprint density at radius 1 is 1.45 bits per heavy atom. The highest BCUT2D eigenvalue weighted by atomic mass is 16.5. The van der Waals surface area contributed by atoms with E-state index >= 15 is 0 Å². The van der Waals surface area contributed by atoms with Gasteiger partial charge < -0.3 is 15.4 Å². The average molecular weight is 308 g/mol. The van der Waals surface area contributed by atoms with E-state index < -0.39 is 0 Å². The van der Waals surface area contributed by atoms with Crippen molar-refractivity contribution >= 4 is 6.03 Å². The van der Waals surface area contributed by atoms with Gasteiger partial charge in [-0.05, 0) is 25.7 Å². The van der Waals surface area contributed by atoms with Gasteiger partial charge in [0.15, 0.2) is 0 Å². The highest BCUT2D eigenvalue weighted by Crippen LogP contribution is 2.26. The molecule has 1 aromatic rings. The number of methoxy groups -OCH3 is 1. The summed E-state index contributed by atoms with van der Waals surface area (Å²) >= 11 is 0. The number of aromatic nitrogens is 2. The molecule has 0 aliphatic heterocycles. The maximum Gasteiger partial charge on any atom is 0.315 e. The normalized spacial score (nSPS) is 21.5. The molecular formula is C16H28N4O2. The predicted octanol–water partition coefficient (Wildman–Crippen LogP) is 2.51. The number of hydrogen-bond acceptors (Lipinski definition) is 3. The van der Waals surface area contributed by atoms with Crippen molar-refractivity contribution in [1.82, 2.24) is 20.4 Å². The van der Waals surface area contributed by atoms with E-state index in [1.54, 1.807) is 11.8 Å². The van der Waals surface area contributed by atoms with E-state index in [-0.39, 0.29) is 6.03 Å². The highest BCUT2D eigenvalue weighted by Gasteiger charge is 2.22. The number of amides is 2.